The normalized spacial score (nSPS) is 11.2. The van der Waals surface area contributed by atoms with Crippen LogP contribution in [0, 0.1) is 0 Å². The lowest BCUT2D eigenvalue weighted by molar-refractivity contribution is -0.118. The van der Waals surface area contributed by atoms with Gasteiger partial charge in [-0.25, -0.2) is 0 Å². The maximum absolute atomic E-state index is 10.8. The van der Waals surface area contributed by atoms with Gasteiger partial charge in [0, 0.05) is 39.5 Å². The number of guanidine groups is 1. The predicted molar refractivity (Wildman–Crippen MR) is 84.3 cm³/mol. The molecule has 1 amide bonds. The van der Waals surface area contributed by atoms with Crippen LogP contribution >= 0.6 is 0 Å². The van der Waals surface area contributed by atoms with E-state index in [2.05, 4.69) is 27.9 Å². The molecule has 118 valence electrons. The number of hydrogen-bond donors (Lipinski definition) is 3. The predicted octanol–water partition coefficient (Wildman–Crippen LogP) is 1.29. The molecule has 3 N–H and O–H groups in total. The van der Waals surface area contributed by atoms with Gasteiger partial charge in [0.05, 0.1) is 6.26 Å². The number of aliphatic imine (C=N–C) groups is 1. The van der Waals surface area contributed by atoms with Crippen molar-refractivity contribution < 1.29 is 9.21 Å². The first kappa shape index (κ1) is 17.1. The van der Waals surface area contributed by atoms with Gasteiger partial charge in [-0.1, -0.05) is 6.92 Å². The van der Waals surface area contributed by atoms with Crippen LogP contribution in [0.1, 0.15) is 32.4 Å². The van der Waals surface area contributed by atoms with Crippen LogP contribution in [-0.4, -0.2) is 38.0 Å². The van der Waals surface area contributed by atoms with Crippen LogP contribution in [0.4, 0.5) is 0 Å². The van der Waals surface area contributed by atoms with Crippen LogP contribution < -0.4 is 16.0 Å². The lowest BCUT2D eigenvalue weighted by Gasteiger charge is -2.12. The van der Waals surface area contributed by atoms with Gasteiger partial charge >= 0.3 is 0 Å². The molecular formula is C15H26N4O2. The van der Waals surface area contributed by atoms with Gasteiger partial charge in [-0.15, -0.1) is 0 Å². The summed E-state index contributed by atoms with van der Waals surface area (Å²) in [6.45, 7) is 6.64. The molecule has 0 saturated heterocycles. The number of carbonyl (C=O) groups is 1. The molecule has 0 aliphatic heterocycles. The zero-order valence-electron chi connectivity index (χ0n) is 12.9. The minimum Gasteiger partial charge on any atom is -0.469 e. The number of nitrogens with one attached hydrogen (secondary N) is 3. The van der Waals surface area contributed by atoms with Crippen molar-refractivity contribution in [3.05, 3.63) is 24.2 Å². The zero-order chi connectivity index (χ0) is 15.3. The van der Waals surface area contributed by atoms with Gasteiger partial charge in [-0.3, -0.25) is 9.79 Å². The highest BCUT2D eigenvalue weighted by molar-refractivity contribution is 5.79. The van der Waals surface area contributed by atoms with Gasteiger partial charge in [0.15, 0.2) is 5.96 Å². The van der Waals surface area contributed by atoms with Crippen molar-refractivity contribution in [1.82, 2.24) is 16.0 Å². The zero-order valence-corrected chi connectivity index (χ0v) is 12.9. The third-order valence-corrected chi connectivity index (χ3v) is 2.76. The van der Waals surface area contributed by atoms with Gasteiger partial charge < -0.3 is 20.4 Å². The minimum atomic E-state index is 0.00597. The summed E-state index contributed by atoms with van der Waals surface area (Å²) in [5.74, 6) is 1.78. The molecule has 6 heteroatoms. The fraction of sp³-hybridized carbons (Fsp3) is 0.600. The van der Waals surface area contributed by atoms with Crippen LogP contribution in [0.3, 0.4) is 0 Å². The minimum absolute atomic E-state index is 0.00597. The second kappa shape index (κ2) is 10.8. The summed E-state index contributed by atoms with van der Waals surface area (Å²) >= 11 is 0. The van der Waals surface area contributed by atoms with Crippen molar-refractivity contribution >= 4 is 11.9 Å². The average molecular weight is 294 g/mol. The molecule has 0 aliphatic carbocycles. The summed E-state index contributed by atoms with van der Waals surface area (Å²) < 4.78 is 5.29. The number of carbonyl (C=O) groups excluding carboxylic acids is 1. The summed E-state index contributed by atoms with van der Waals surface area (Å²) in [4.78, 5) is 15.2. The van der Waals surface area contributed by atoms with Crippen molar-refractivity contribution in [1.29, 1.82) is 0 Å². The van der Waals surface area contributed by atoms with E-state index in [0.717, 1.165) is 50.6 Å². The summed E-state index contributed by atoms with van der Waals surface area (Å²) in [5.41, 5.74) is 0. The van der Waals surface area contributed by atoms with Crippen molar-refractivity contribution in [3.63, 3.8) is 0 Å². The molecule has 21 heavy (non-hydrogen) atoms. The Kier molecular flexibility index (Phi) is 8.75. The van der Waals surface area contributed by atoms with E-state index in [0.29, 0.717) is 6.54 Å². The van der Waals surface area contributed by atoms with E-state index >= 15 is 0 Å². The highest BCUT2D eigenvalue weighted by Gasteiger charge is 2.00. The van der Waals surface area contributed by atoms with Crippen LogP contribution in [-0.2, 0) is 11.2 Å². The second-order valence-electron chi connectivity index (χ2n) is 4.75. The highest BCUT2D eigenvalue weighted by Crippen LogP contribution is 1.99. The SMILES string of the molecule is CCCN=C(NCCCNC(C)=O)NCCc1ccco1. The van der Waals surface area contributed by atoms with E-state index in [1.807, 2.05) is 12.1 Å². The lowest BCUT2D eigenvalue weighted by Crippen LogP contribution is -2.39. The molecule has 0 radical (unpaired) electrons. The first-order chi connectivity index (χ1) is 10.2. The van der Waals surface area contributed by atoms with Crippen molar-refractivity contribution in [2.75, 3.05) is 26.2 Å². The van der Waals surface area contributed by atoms with Gasteiger partial charge in [0.1, 0.15) is 5.76 Å². The molecule has 0 fully saturated rings. The van der Waals surface area contributed by atoms with Crippen molar-refractivity contribution in [3.8, 4) is 0 Å². The second-order valence-corrected chi connectivity index (χ2v) is 4.75. The van der Waals surface area contributed by atoms with Crippen LogP contribution in [0.5, 0.6) is 0 Å². The quantitative estimate of drug-likeness (QED) is 0.364. The molecule has 1 aromatic heterocycles. The average Bonchev–Trinajstić information content (AvgIpc) is 2.96. The monoisotopic (exact) mass is 294 g/mol. The Hall–Kier alpha value is -1.98. The molecule has 0 saturated carbocycles. The highest BCUT2D eigenvalue weighted by atomic mass is 16.3. The number of hydrogen-bond acceptors (Lipinski definition) is 3. The molecule has 0 bridgehead atoms. The van der Waals surface area contributed by atoms with Crippen LogP contribution in [0.25, 0.3) is 0 Å². The molecule has 1 heterocycles. The molecule has 0 atom stereocenters. The Labute approximate surface area is 126 Å². The third kappa shape index (κ3) is 8.73. The van der Waals surface area contributed by atoms with Gasteiger partial charge in [0.25, 0.3) is 0 Å². The summed E-state index contributed by atoms with van der Waals surface area (Å²) in [6.07, 6.45) is 4.38. The molecule has 1 rings (SSSR count). The first-order valence-corrected chi connectivity index (χ1v) is 7.51. The number of furan rings is 1. The van der Waals surface area contributed by atoms with Crippen molar-refractivity contribution in [2.45, 2.75) is 33.1 Å². The fourth-order valence-electron chi connectivity index (χ4n) is 1.72. The van der Waals surface area contributed by atoms with Gasteiger partial charge in [-0.2, -0.15) is 0 Å². The molecule has 6 nitrogen and oxygen atoms in total. The van der Waals surface area contributed by atoms with E-state index in [-0.39, 0.29) is 5.91 Å². The topological polar surface area (TPSA) is 78.7 Å². The van der Waals surface area contributed by atoms with Gasteiger partial charge in [0.2, 0.25) is 5.91 Å². The molecule has 0 spiro atoms. The molecule has 0 aliphatic rings. The standard InChI is InChI=1S/C15H26N4O2/c1-3-8-17-15(18-10-5-9-16-13(2)20)19-11-7-14-6-4-12-21-14/h4,6,12H,3,5,7-11H2,1-2H3,(H,16,20)(H2,17,18,19). The number of rotatable bonds is 9. The van der Waals surface area contributed by atoms with E-state index in [9.17, 15) is 4.79 Å². The van der Waals surface area contributed by atoms with E-state index in [4.69, 9.17) is 4.42 Å². The summed E-state index contributed by atoms with van der Waals surface area (Å²) in [5, 5.41) is 9.32. The molecule has 1 aromatic rings. The van der Waals surface area contributed by atoms with Crippen LogP contribution in [0.2, 0.25) is 0 Å². The number of nitrogens with zero attached hydrogens (tertiary/aromatic N) is 1. The number of amides is 1. The van der Waals surface area contributed by atoms with Crippen LogP contribution in [0.15, 0.2) is 27.8 Å². The Balaban J connectivity index is 2.22. The maximum atomic E-state index is 10.8. The summed E-state index contributed by atoms with van der Waals surface area (Å²) in [7, 11) is 0. The third-order valence-electron chi connectivity index (χ3n) is 2.76. The maximum Gasteiger partial charge on any atom is 0.216 e. The lowest BCUT2D eigenvalue weighted by atomic mass is 10.3. The molecule has 0 unspecified atom stereocenters. The molecular weight excluding hydrogens is 268 g/mol. The Morgan fingerprint density at radius 3 is 2.67 bits per heavy atom. The van der Waals surface area contributed by atoms with Gasteiger partial charge in [-0.05, 0) is 25.0 Å². The first-order valence-electron chi connectivity index (χ1n) is 7.51. The summed E-state index contributed by atoms with van der Waals surface area (Å²) in [6, 6.07) is 3.85. The van der Waals surface area contributed by atoms with Crippen molar-refractivity contribution in [2.24, 2.45) is 4.99 Å². The molecule has 0 aromatic carbocycles. The Bertz CT molecular complexity index is 415. The van der Waals surface area contributed by atoms with E-state index in [1.54, 1.807) is 6.26 Å². The largest absolute Gasteiger partial charge is 0.469 e. The smallest absolute Gasteiger partial charge is 0.216 e. The Morgan fingerprint density at radius 2 is 2.00 bits per heavy atom. The van der Waals surface area contributed by atoms with E-state index in [1.165, 1.54) is 6.92 Å². The van der Waals surface area contributed by atoms with E-state index < -0.39 is 0 Å². The Morgan fingerprint density at radius 1 is 1.24 bits per heavy atom. The fourth-order valence-corrected chi connectivity index (χ4v) is 1.72.